The van der Waals surface area contributed by atoms with E-state index in [0.29, 0.717) is 11.2 Å². The van der Waals surface area contributed by atoms with Gasteiger partial charge in [0, 0.05) is 29.9 Å². The number of fused-ring (bicyclic) bond motifs is 3. The fourth-order valence-electron chi connectivity index (χ4n) is 1.99. The Hall–Kier alpha value is -1.62. The van der Waals surface area contributed by atoms with Crippen molar-refractivity contribution in [3.63, 3.8) is 0 Å². The molecule has 1 aromatic carbocycles. The first-order valence-corrected chi connectivity index (χ1v) is 5.39. The van der Waals surface area contributed by atoms with Crippen LogP contribution in [0, 0.1) is 0 Å². The average molecular weight is 298 g/mol. The largest absolute Gasteiger partial charge is 0.326 e. The van der Waals surface area contributed by atoms with Gasteiger partial charge in [-0.25, -0.2) is 4.98 Å². The quantitative estimate of drug-likeness (QED) is 0.700. The van der Waals surface area contributed by atoms with Gasteiger partial charge in [-0.3, -0.25) is 9.20 Å². The van der Waals surface area contributed by atoms with Crippen LogP contribution in [0.1, 0.15) is 5.56 Å². The molecular weight excluding hydrogens is 285 g/mol. The third-order valence-electron chi connectivity index (χ3n) is 2.89. The summed E-state index contributed by atoms with van der Waals surface area (Å²) in [6.07, 6.45) is 3.30. The van der Waals surface area contributed by atoms with E-state index in [1.807, 2.05) is 30.3 Å². The minimum Gasteiger partial charge on any atom is -0.326 e. The predicted octanol–water partition coefficient (Wildman–Crippen LogP) is 2.15. The highest BCUT2D eigenvalue weighted by atomic mass is 35.5. The molecule has 0 bridgehead atoms. The first-order chi connectivity index (χ1) is 8.31. The van der Waals surface area contributed by atoms with Gasteiger partial charge < -0.3 is 5.73 Å². The summed E-state index contributed by atoms with van der Waals surface area (Å²) in [7, 11) is 0. The number of halogens is 2. The van der Waals surface area contributed by atoms with Gasteiger partial charge in [-0.15, -0.1) is 24.8 Å². The van der Waals surface area contributed by atoms with Crippen LogP contribution in [0.5, 0.6) is 0 Å². The zero-order valence-corrected chi connectivity index (χ0v) is 11.6. The molecule has 0 radical (unpaired) electrons. The zero-order chi connectivity index (χ0) is 11.8. The van der Waals surface area contributed by atoms with Crippen LogP contribution >= 0.6 is 24.8 Å². The van der Waals surface area contributed by atoms with Gasteiger partial charge in [-0.1, -0.05) is 24.3 Å². The molecule has 3 aromatic rings. The Morgan fingerprint density at radius 3 is 2.63 bits per heavy atom. The number of benzene rings is 1. The third-order valence-corrected chi connectivity index (χ3v) is 2.89. The second kappa shape index (κ2) is 6.02. The molecule has 0 aliphatic heterocycles. The standard InChI is InChI=1S/C13H11N3O.2ClH/c14-7-10-8-15-12-11-4-2-1-3-9(11)5-6-16(12)13(10)17;;/h1-6,8H,7,14H2;2*1H. The van der Waals surface area contributed by atoms with Gasteiger partial charge >= 0.3 is 0 Å². The van der Waals surface area contributed by atoms with Crippen molar-refractivity contribution in [2.75, 3.05) is 0 Å². The Balaban J connectivity index is 0.000000902. The van der Waals surface area contributed by atoms with Crippen LogP contribution in [-0.4, -0.2) is 9.38 Å². The molecule has 0 unspecified atom stereocenters. The zero-order valence-electron chi connectivity index (χ0n) is 9.95. The molecule has 0 spiro atoms. The van der Waals surface area contributed by atoms with E-state index in [4.69, 9.17) is 5.73 Å². The fourth-order valence-corrected chi connectivity index (χ4v) is 1.99. The van der Waals surface area contributed by atoms with Crippen molar-refractivity contribution in [1.82, 2.24) is 9.38 Å². The molecule has 3 rings (SSSR count). The molecule has 19 heavy (non-hydrogen) atoms. The van der Waals surface area contributed by atoms with Crippen LogP contribution in [0.3, 0.4) is 0 Å². The highest BCUT2D eigenvalue weighted by Crippen LogP contribution is 2.16. The first kappa shape index (κ1) is 15.4. The number of pyridine rings is 1. The first-order valence-electron chi connectivity index (χ1n) is 5.39. The Bertz CT molecular complexity index is 771. The van der Waals surface area contributed by atoms with E-state index in [-0.39, 0.29) is 36.9 Å². The van der Waals surface area contributed by atoms with E-state index in [9.17, 15) is 4.79 Å². The minimum absolute atomic E-state index is 0. The van der Waals surface area contributed by atoms with Crippen molar-refractivity contribution in [1.29, 1.82) is 0 Å². The van der Waals surface area contributed by atoms with E-state index in [1.165, 1.54) is 0 Å². The summed E-state index contributed by atoms with van der Waals surface area (Å²) in [5.74, 6) is 0. The average Bonchev–Trinajstić information content (AvgIpc) is 2.39. The lowest BCUT2D eigenvalue weighted by Gasteiger charge is -2.05. The second-order valence-electron chi connectivity index (χ2n) is 3.89. The van der Waals surface area contributed by atoms with E-state index < -0.39 is 0 Å². The summed E-state index contributed by atoms with van der Waals surface area (Å²) in [6, 6.07) is 9.76. The van der Waals surface area contributed by atoms with Crippen LogP contribution < -0.4 is 11.3 Å². The van der Waals surface area contributed by atoms with Gasteiger partial charge in [0.05, 0.1) is 0 Å². The molecule has 0 atom stereocenters. The summed E-state index contributed by atoms with van der Waals surface area (Å²) < 4.78 is 1.55. The van der Waals surface area contributed by atoms with Crippen molar-refractivity contribution in [3.05, 3.63) is 58.6 Å². The molecule has 100 valence electrons. The molecule has 2 N–H and O–H groups in total. The highest BCUT2D eigenvalue weighted by molar-refractivity contribution is 5.93. The van der Waals surface area contributed by atoms with Crippen molar-refractivity contribution < 1.29 is 0 Å². The van der Waals surface area contributed by atoms with Crippen LogP contribution in [0.15, 0.2) is 47.5 Å². The van der Waals surface area contributed by atoms with E-state index in [1.54, 1.807) is 16.8 Å². The molecule has 0 aliphatic carbocycles. The van der Waals surface area contributed by atoms with Crippen molar-refractivity contribution in [3.8, 4) is 0 Å². The predicted molar refractivity (Wildman–Crippen MR) is 81.4 cm³/mol. The molecule has 4 nitrogen and oxygen atoms in total. The van der Waals surface area contributed by atoms with Crippen LogP contribution in [0.25, 0.3) is 16.4 Å². The van der Waals surface area contributed by atoms with Gasteiger partial charge in [-0.05, 0) is 11.5 Å². The van der Waals surface area contributed by atoms with Crippen molar-refractivity contribution in [2.45, 2.75) is 6.54 Å². The Kier molecular flexibility index (Phi) is 4.89. The number of hydrogen-bond acceptors (Lipinski definition) is 3. The molecule has 2 heterocycles. The summed E-state index contributed by atoms with van der Waals surface area (Å²) in [5.41, 5.74) is 6.60. The Morgan fingerprint density at radius 1 is 1.16 bits per heavy atom. The Labute approximate surface area is 122 Å². The van der Waals surface area contributed by atoms with E-state index in [2.05, 4.69) is 4.98 Å². The van der Waals surface area contributed by atoms with Crippen molar-refractivity contribution in [2.24, 2.45) is 5.73 Å². The highest BCUT2D eigenvalue weighted by Gasteiger charge is 2.05. The smallest absolute Gasteiger partial charge is 0.262 e. The van der Waals surface area contributed by atoms with Crippen LogP contribution in [-0.2, 0) is 6.54 Å². The molecule has 0 saturated heterocycles. The maximum atomic E-state index is 12.0. The number of nitrogens with two attached hydrogens (primary N) is 1. The van der Waals surface area contributed by atoms with E-state index in [0.717, 1.165) is 10.8 Å². The van der Waals surface area contributed by atoms with Crippen LogP contribution in [0.2, 0.25) is 0 Å². The molecule has 6 heteroatoms. The molecule has 0 saturated carbocycles. The molecular formula is C13H13Cl2N3O. The maximum Gasteiger partial charge on any atom is 0.262 e. The normalized spacial score (nSPS) is 9.95. The van der Waals surface area contributed by atoms with Gasteiger partial charge in [-0.2, -0.15) is 0 Å². The molecule has 0 fully saturated rings. The molecule has 0 amide bonds. The van der Waals surface area contributed by atoms with Gasteiger partial charge in [0.2, 0.25) is 0 Å². The van der Waals surface area contributed by atoms with Crippen molar-refractivity contribution >= 4 is 41.2 Å². The van der Waals surface area contributed by atoms with Gasteiger partial charge in [0.25, 0.3) is 5.56 Å². The van der Waals surface area contributed by atoms with E-state index >= 15 is 0 Å². The summed E-state index contributed by atoms with van der Waals surface area (Å²) >= 11 is 0. The molecule has 0 aliphatic rings. The summed E-state index contributed by atoms with van der Waals surface area (Å²) in [5, 5.41) is 2.04. The minimum atomic E-state index is -0.0942. The number of hydrogen-bond donors (Lipinski definition) is 1. The SMILES string of the molecule is Cl.Cl.NCc1cnc2c3ccccc3ccn2c1=O. The monoisotopic (exact) mass is 297 g/mol. The lowest BCUT2D eigenvalue weighted by molar-refractivity contribution is 0.951. The summed E-state index contributed by atoms with van der Waals surface area (Å²) in [6.45, 7) is 0.210. The maximum absolute atomic E-state index is 12.0. The Morgan fingerprint density at radius 2 is 1.89 bits per heavy atom. The fraction of sp³-hybridized carbons (Fsp3) is 0.0769. The number of aromatic nitrogens is 2. The lowest BCUT2D eigenvalue weighted by Crippen LogP contribution is -2.21. The summed E-state index contributed by atoms with van der Waals surface area (Å²) in [4.78, 5) is 16.4. The topological polar surface area (TPSA) is 60.4 Å². The number of rotatable bonds is 1. The second-order valence-corrected chi connectivity index (χ2v) is 3.89. The van der Waals surface area contributed by atoms with Gasteiger partial charge in [0.15, 0.2) is 0 Å². The van der Waals surface area contributed by atoms with Gasteiger partial charge in [0.1, 0.15) is 5.65 Å². The van der Waals surface area contributed by atoms with Crippen LogP contribution in [0.4, 0.5) is 0 Å². The third kappa shape index (κ3) is 2.42. The number of nitrogens with zero attached hydrogens (tertiary/aromatic N) is 2. The lowest BCUT2D eigenvalue weighted by atomic mass is 10.1. The molecule has 2 aromatic heterocycles.